The zero-order valence-corrected chi connectivity index (χ0v) is 24.7. The minimum absolute atomic E-state index is 0.226. The molecule has 0 saturated carbocycles. The second-order valence-corrected chi connectivity index (χ2v) is 10.6. The maximum Gasteiger partial charge on any atom is 0.282 e. The fourth-order valence-electron chi connectivity index (χ4n) is 3.52. The lowest BCUT2D eigenvalue weighted by molar-refractivity contribution is 0.267. The normalized spacial score (nSPS) is 11.4. The summed E-state index contributed by atoms with van der Waals surface area (Å²) < 4.78 is 14.9. The Bertz CT molecular complexity index is 1530. The average molecular weight is 701 g/mol. The van der Waals surface area contributed by atoms with Crippen molar-refractivity contribution >= 4 is 78.8 Å². The van der Waals surface area contributed by atoms with Gasteiger partial charge in [0, 0.05) is 10.9 Å². The third kappa shape index (κ3) is 6.04. The van der Waals surface area contributed by atoms with Gasteiger partial charge in [0.1, 0.15) is 12.4 Å². The third-order valence-electron chi connectivity index (χ3n) is 5.21. The summed E-state index contributed by atoms with van der Waals surface area (Å²) in [5.41, 5.74) is 2.06. The van der Waals surface area contributed by atoms with Crippen molar-refractivity contribution in [2.45, 2.75) is 26.9 Å². The second-order valence-electron chi connectivity index (χ2n) is 7.70. The number of hydrogen-bond acceptors (Lipinski definition) is 5. The highest BCUT2D eigenvalue weighted by Gasteiger charge is 2.14. The van der Waals surface area contributed by atoms with Crippen LogP contribution in [0.3, 0.4) is 0 Å². The number of benzene rings is 3. The molecular weight excluding hydrogens is 680 g/mol. The molecule has 0 aliphatic rings. The summed E-state index contributed by atoms with van der Waals surface area (Å²) in [5, 5.41) is 5.95. The van der Waals surface area contributed by atoms with Crippen molar-refractivity contribution in [3.63, 3.8) is 0 Å². The molecule has 186 valence electrons. The molecular formula is C26H21BrCl2IN3O3. The van der Waals surface area contributed by atoms with Crippen LogP contribution in [0.25, 0.3) is 10.9 Å². The number of hydrogen-bond donors (Lipinski definition) is 0. The molecule has 0 fully saturated rings. The molecule has 10 heteroatoms. The lowest BCUT2D eigenvalue weighted by Crippen LogP contribution is -2.22. The van der Waals surface area contributed by atoms with Gasteiger partial charge in [0.2, 0.25) is 0 Å². The molecule has 0 spiro atoms. The average Bonchev–Trinajstić information content (AvgIpc) is 2.85. The Morgan fingerprint density at radius 3 is 2.61 bits per heavy atom. The van der Waals surface area contributed by atoms with E-state index in [2.05, 4.69) is 48.6 Å². The van der Waals surface area contributed by atoms with Crippen LogP contribution in [0, 0.1) is 3.57 Å². The molecule has 0 saturated heterocycles. The zero-order valence-electron chi connectivity index (χ0n) is 19.4. The molecule has 0 bridgehead atoms. The summed E-state index contributed by atoms with van der Waals surface area (Å²) in [4.78, 5) is 17.8. The van der Waals surface area contributed by atoms with E-state index in [1.165, 1.54) is 4.68 Å². The molecule has 36 heavy (non-hydrogen) atoms. The first-order valence-corrected chi connectivity index (χ1v) is 13.7. The molecule has 0 aliphatic heterocycles. The van der Waals surface area contributed by atoms with Gasteiger partial charge in [-0.15, -0.1) is 0 Å². The molecule has 0 aliphatic carbocycles. The topological polar surface area (TPSA) is 65.7 Å². The lowest BCUT2D eigenvalue weighted by atomic mass is 10.2. The molecule has 0 atom stereocenters. The van der Waals surface area contributed by atoms with Gasteiger partial charge in [0.05, 0.1) is 37.3 Å². The second kappa shape index (κ2) is 11.9. The van der Waals surface area contributed by atoms with Crippen molar-refractivity contribution in [2.24, 2.45) is 5.10 Å². The molecule has 0 amide bonds. The maximum atomic E-state index is 13.2. The van der Waals surface area contributed by atoms with Crippen LogP contribution in [0.15, 0.2) is 62.9 Å². The van der Waals surface area contributed by atoms with E-state index in [9.17, 15) is 4.79 Å². The fourth-order valence-corrected chi connectivity index (χ4v) is 4.98. The van der Waals surface area contributed by atoms with E-state index in [1.807, 2.05) is 44.2 Å². The number of fused-ring (bicyclic) bond motifs is 1. The van der Waals surface area contributed by atoms with Crippen molar-refractivity contribution in [1.29, 1.82) is 0 Å². The highest BCUT2D eigenvalue weighted by atomic mass is 127. The van der Waals surface area contributed by atoms with E-state index in [0.717, 1.165) is 19.2 Å². The van der Waals surface area contributed by atoms with Gasteiger partial charge in [-0.2, -0.15) is 9.78 Å². The van der Waals surface area contributed by atoms with Crippen molar-refractivity contribution in [1.82, 2.24) is 9.66 Å². The number of halogens is 4. The lowest BCUT2D eigenvalue weighted by Gasteiger charge is -2.15. The monoisotopic (exact) mass is 699 g/mol. The van der Waals surface area contributed by atoms with Gasteiger partial charge in [0.25, 0.3) is 5.56 Å². The molecule has 4 aromatic rings. The SMILES string of the molecule is CCOc1cc(C=Nn2c(CC)nc3ccc(Br)cc3c2=O)cc(I)c1OCc1ccc(Cl)c(Cl)c1. The van der Waals surface area contributed by atoms with Gasteiger partial charge in [0.15, 0.2) is 11.5 Å². The first-order chi connectivity index (χ1) is 17.3. The van der Waals surface area contributed by atoms with Gasteiger partial charge < -0.3 is 9.47 Å². The van der Waals surface area contributed by atoms with Crippen LogP contribution >= 0.6 is 61.7 Å². The largest absolute Gasteiger partial charge is 0.490 e. The van der Waals surface area contributed by atoms with E-state index in [4.69, 9.17) is 32.7 Å². The molecule has 0 radical (unpaired) electrons. The van der Waals surface area contributed by atoms with E-state index in [-0.39, 0.29) is 5.56 Å². The van der Waals surface area contributed by atoms with Crippen LogP contribution < -0.4 is 15.0 Å². The van der Waals surface area contributed by atoms with Crippen LogP contribution in [0.2, 0.25) is 10.0 Å². The Labute approximate surface area is 240 Å². The Kier molecular flexibility index (Phi) is 8.92. The number of rotatable bonds is 8. The minimum Gasteiger partial charge on any atom is -0.490 e. The molecule has 3 aromatic carbocycles. The van der Waals surface area contributed by atoms with Crippen molar-refractivity contribution in [2.75, 3.05) is 6.61 Å². The smallest absolute Gasteiger partial charge is 0.282 e. The van der Waals surface area contributed by atoms with E-state index < -0.39 is 0 Å². The Morgan fingerprint density at radius 1 is 1.08 bits per heavy atom. The van der Waals surface area contributed by atoms with E-state index in [1.54, 1.807) is 24.4 Å². The number of aromatic nitrogens is 2. The zero-order chi connectivity index (χ0) is 25.8. The standard InChI is InChI=1S/C26H21BrCl2IN3O3/c1-3-24-32-22-8-6-17(27)12-18(22)26(34)33(24)31-13-16-10-21(30)25(23(11-16)35-4-2)36-14-15-5-7-19(28)20(29)9-15/h5-13H,3-4,14H2,1-2H3. The van der Waals surface area contributed by atoms with E-state index in [0.29, 0.717) is 57.9 Å². The summed E-state index contributed by atoms with van der Waals surface area (Å²) in [5.74, 6) is 1.77. The summed E-state index contributed by atoms with van der Waals surface area (Å²) in [7, 11) is 0. The first-order valence-electron chi connectivity index (χ1n) is 11.1. The van der Waals surface area contributed by atoms with Gasteiger partial charge in [-0.1, -0.05) is 52.1 Å². The van der Waals surface area contributed by atoms with Crippen molar-refractivity contribution in [3.8, 4) is 11.5 Å². The Balaban J connectivity index is 1.67. The van der Waals surface area contributed by atoms with Crippen LogP contribution in [-0.4, -0.2) is 22.5 Å². The quantitative estimate of drug-likeness (QED) is 0.141. The Hall–Kier alpha value is -2.14. The van der Waals surface area contributed by atoms with Gasteiger partial charge >= 0.3 is 0 Å². The number of nitrogens with zero attached hydrogens (tertiary/aromatic N) is 3. The van der Waals surface area contributed by atoms with Crippen LogP contribution in [0.4, 0.5) is 0 Å². The van der Waals surface area contributed by atoms with Crippen LogP contribution in [-0.2, 0) is 13.0 Å². The summed E-state index contributed by atoms with van der Waals surface area (Å²) in [6.45, 7) is 4.60. The predicted molar refractivity (Wildman–Crippen MR) is 157 cm³/mol. The number of aryl methyl sites for hydroxylation is 1. The minimum atomic E-state index is -0.226. The van der Waals surface area contributed by atoms with Crippen LogP contribution in [0.1, 0.15) is 30.8 Å². The molecule has 0 N–H and O–H groups in total. The molecule has 1 aromatic heterocycles. The number of ether oxygens (including phenoxy) is 2. The molecule has 0 unspecified atom stereocenters. The van der Waals surface area contributed by atoms with Gasteiger partial charge in [-0.3, -0.25) is 4.79 Å². The highest BCUT2D eigenvalue weighted by molar-refractivity contribution is 14.1. The fraction of sp³-hybridized carbons (Fsp3) is 0.192. The maximum absolute atomic E-state index is 13.2. The molecule has 6 nitrogen and oxygen atoms in total. The molecule has 1 heterocycles. The van der Waals surface area contributed by atoms with E-state index >= 15 is 0 Å². The van der Waals surface area contributed by atoms with Crippen molar-refractivity contribution in [3.05, 3.63) is 93.9 Å². The predicted octanol–water partition coefficient (Wildman–Crippen LogP) is 7.49. The van der Waals surface area contributed by atoms with Crippen molar-refractivity contribution < 1.29 is 9.47 Å². The van der Waals surface area contributed by atoms with Gasteiger partial charge in [-0.05, 0) is 83.1 Å². The van der Waals surface area contributed by atoms with Gasteiger partial charge in [-0.25, -0.2) is 4.98 Å². The molecule has 4 rings (SSSR count). The Morgan fingerprint density at radius 2 is 1.89 bits per heavy atom. The first kappa shape index (κ1) is 26.9. The summed E-state index contributed by atoms with van der Waals surface area (Å²) in [6, 6.07) is 14.6. The highest BCUT2D eigenvalue weighted by Crippen LogP contribution is 2.35. The third-order valence-corrected chi connectivity index (χ3v) is 7.25. The van der Waals surface area contributed by atoms with Crippen LogP contribution in [0.5, 0.6) is 11.5 Å². The summed E-state index contributed by atoms with van der Waals surface area (Å²) in [6.07, 6.45) is 2.18. The summed E-state index contributed by atoms with van der Waals surface area (Å²) >= 11 is 17.8.